The summed E-state index contributed by atoms with van der Waals surface area (Å²) in [5.41, 5.74) is 3.41. The van der Waals surface area contributed by atoms with Gasteiger partial charge in [0, 0.05) is 4.88 Å². The molecule has 0 radical (unpaired) electrons. The molecule has 2 aromatic rings. The molecule has 0 bridgehead atoms. The summed E-state index contributed by atoms with van der Waals surface area (Å²) >= 11 is 1.41. The van der Waals surface area contributed by atoms with Crippen LogP contribution in [-0.4, -0.2) is 20.2 Å². The molecule has 0 fully saturated rings. The van der Waals surface area contributed by atoms with Gasteiger partial charge in [0.05, 0.1) is 14.2 Å². The van der Waals surface area contributed by atoms with Crippen LogP contribution in [0.1, 0.15) is 31.2 Å². The van der Waals surface area contributed by atoms with Gasteiger partial charge in [0.1, 0.15) is 10.6 Å². The van der Waals surface area contributed by atoms with Gasteiger partial charge in [-0.05, 0) is 54.8 Å². The van der Waals surface area contributed by atoms with E-state index in [1.165, 1.54) is 24.0 Å². The van der Waals surface area contributed by atoms with E-state index in [4.69, 9.17) is 9.47 Å². The Kier molecular flexibility index (Phi) is 4.81. The van der Waals surface area contributed by atoms with Crippen molar-refractivity contribution in [2.45, 2.75) is 13.8 Å². The third-order valence-corrected chi connectivity index (χ3v) is 4.35. The van der Waals surface area contributed by atoms with Gasteiger partial charge in [-0.25, -0.2) is 4.79 Å². The Balaban J connectivity index is 2.23. The predicted octanol–water partition coefficient (Wildman–Crippen LogP) is 4.33. The highest BCUT2D eigenvalue weighted by atomic mass is 32.1. The van der Waals surface area contributed by atoms with E-state index in [-0.39, 0.29) is 5.97 Å². The van der Waals surface area contributed by atoms with Crippen molar-refractivity contribution in [3.05, 3.63) is 50.7 Å². The van der Waals surface area contributed by atoms with E-state index in [0.29, 0.717) is 4.88 Å². The number of hydrogen-bond acceptors (Lipinski definition) is 4. The van der Waals surface area contributed by atoms with Gasteiger partial charge in [0.15, 0.2) is 0 Å². The van der Waals surface area contributed by atoms with Crippen molar-refractivity contribution >= 4 is 29.5 Å². The van der Waals surface area contributed by atoms with Gasteiger partial charge < -0.3 is 9.47 Å². The summed E-state index contributed by atoms with van der Waals surface area (Å²) in [6, 6.07) is 7.81. The Hall–Kier alpha value is -2.07. The van der Waals surface area contributed by atoms with Gasteiger partial charge in [-0.15, -0.1) is 11.3 Å². The molecular formula is C17H18O3S. The minimum Gasteiger partial charge on any atom is -0.496 e. The van der Waals surface area contributed by atoms with E-state index in [1.807, 2.05) is 31.2 Å². The van der Waals surface area contributed by atoms with Crippen LogP contribution in [0.3, 0.4) is 0 Å². The first-order valence-electron chi connectivity index (χ1n) is 6.56. The quantitative estimate of drug-likeness (QED) is 0.789. The molecule has 0 amide bonds. The van der Waals surface area contributed by atoms with Gasteiger partial charge in [0.2, 0.25) is 0 Å². The van der Waals surface area contributed by atoms with Crippen LogP contribution >= 0.6 is 11.3 Å². The lowest BCUT2D eigenvalue weighted by Crippen LogP contribution is -1.96. The molecule has 3 nitrogen and oxygen atoms in total. The van der Waals surface area contributed by atoms with Gasteiger partial charge in [-0.1, -0.05) is 12.1 Å². The molecule has 0 aliphatic heterocycles. The Morgan fingerprint density at radius 3 is 2.57 bits per heavy atom. The Morgan fingerprint density at radius 2 is 1.90 bits per heavy atom. The molecule has 110 valence electrons. The van der Waals surface area contributed by atoms with Crippen LogP contribution in [0.15, 0.2) is 24.3 Å². The van der Waals surface area contributed by atoms with E-state index in [1.54, 1.807) is 13.2 Å². The number of esters is 1. The lowest BCUT2D eigenvalue weighted by Gasteiger charge is -2.08. The minimum atomic E-state index is -0.299. The lowest BCUT2D eigenvalue weighted by atomic mass is 10.0. The van der Waals surface area contributed by atoms with Crippen LogP contribution in [-0.2, 0) is 4.74 Å². The van der Waals surface area contributed by atoms with Crippen LogP contribution in [0.5, 0.6) is 5.75 Å². The molecule has 1 aromatic heterocycles. The van der Waals surface area contributed by atoms with E-state index in [0.717, 1.165) is 21.8 Å². The second-order valence-electron chi connectivity index (χ2n) is 4.69. The Bertz CT molecular complexity index is 683. The highest BCUT2D eigenvalue weighted by molar-refractivity contribution is 7.14. The topological polar surface area (TPSA) is 35.5 Å². The molecule has 1 aromatic carbocycles. The van der Waals surface area contributed by atoms with Crippen molar-refractivity contribution in [2.24, 2.45) is 0 Å². The summed E-state index contributed by atoms with van der Waals surface area (Å²) in [5.74, 6) is 0.587. The zero-order chi connectivity index (χ0) is 15.4. The fourth-order valence-electron chi connectivity index (χ4n) is 1.99. The second-order valence-corrected chi connectivity index (χ2v) is 5.81. The molecule has 1 heterocycles. The fourth-order valence-corrected chi connectivity index (χ4v) is 2.82. The average Bonchev–Trinajstić information content (AvgIpc) is 2.96. The van der Waals surface area contributed by atoms with E-state index in [9.17, 15) is 4.79 Å². The van der Waals surface area contributed by atoms with Crippen molar-refractivity contribution in [3.63, 3.8) is 0 Å². The average molecular weight is 302 g/mol. The third-order valence-electron chi connectivity index (χ3n) is 3.32. The molecule has 21 heavy (non-hydrogen) atoms. The fraction of sp³-hybridized carbons (Fsp3) is 0.235. The van der Waals surface area contributed by atoms with Gasteiger partial charge in [0.25, 0.3) is 0 Å². The van der Waals surface area contributed by atoms with Gasteiger partial charge in [-0.2, -0.15) is 0 Å². The van der Waals surface area contributed by atoms with Crippen molar-refractivity contribution in [3.8, 4) is 5.75 Å². The number of carbonyl (C=O) groups excluding carboxylic acids is 1. The van der Waals surface area contributed by atoms with Crippen molar-refractivity contribution in [1.82, 2.24) is 0 Å². The smallest absolute Gasteiger partial charge is 0.348 e. The minimum absolute atomic E-state index is 0.299. The highest BCUT2D eigenvalue weighted by Crippen LogP contribution is 2.25. The van der Waals surface area contributed by atoms with Crippen LogP contribution in [0.25, 0.3) is 12.2 Å². The molecule has 4 heteroatoms. The molecule has 0 spiro atoms. The number of ether oxygens (including phenoxy) is 2. The molecule has 0 saturated carbocycles. The van der Waals surface area contributed by atoms with E-state index >= 15 is 0 Å². The van der Waals surface area contributed by atoms with Crippen molar-refractivity contribution in [2.75, 3.05) is 14.2 Å². The number of benzene rings is 1. The van der Waals surface area contributed by atoms with E-state index < -0.39 is 0 Å². The maximum absolute atomic E-state index is 11.4. The predicted molar refractivity (Wildman–Crippen MR) is 87.1 cm³/mol. The number of thiophene rings is 1. The summed E-state index contributed by atoms with van der Waals surface area (Å²) < 4.78 is 10.1. The summed E-state index contributed by atoms with van der Waals surface area (Å²) in [7, 11) is 3.07. The number of hydrogen-bond donors (Lipinski definition) is 0. The van der Waals surface area contributed by atoms with Crippen LogP contribution in [0.2, 0.25) is 0 Å². The largest absolute Gasteiger partial charge is 0.496 e. The zero-order valence-electron chi connectivity index (χ0n) is 12.6. The number of aryl methyl sites for hydroxylation is 1. The van der Waals surface area contributed by atoms with Crippen molar-refractivity contribution in [1.29, 1.82) is 0 Å². The SMILES string of the molecule is COC(=O)c1ccc(/C=C/c2cc(C)c(C)c(OC)c2)s1. The van der Waals surface area contributed by atoms with Gasteiger partial charge >= 0.3 is 5.97 Å². The monoisotopic (exact) mass is 302 g/mol. The maximum Gasteiger partial charge on any atom is 0.348 e. The maximum atomic E-state index is 11.4. The lowest BCUT2D eigenvalue weighted by molar-refractivity contribution is 0.0606. The Labute approximate surface area is 128 Å². The van der Waals surface area contributed by atoms with Crippen LogP contribution < -0.4 is 4.74 Å². The third kappa shape index (κ3) is 3.52. The number of carbonyl (C=O) groups is 1. The number of rotatable bonds is 4. The number of methoxy groups -OCH3 is 2. The molecule has 0 aliphatic carbocycles. The summed E-state index contributed by atoms with van der Waals surface area (Å²) in [6.45, 7) is 4.11. The first-order valence-corrected chi connectivity index (χ1v) is 7.38. The second kappa shape index (κ2) is 6.59. The molecule has 0 N–H and O–H groups in total. The van der Waals surface area contributed by atoms with Gasteiger partial charge in [-0.3, -0.25) is 0 Å². The summed E-state index contributed by atoms with van der Waals surface area (Å²) in [6.07, 6.45) is 4.00. The zero-order valence-corrected chi connectivity index (χ0v) is 13.4. The molecule has 0 unspecified atom stereocenters. The molecule has 0 atom stereocenters. The normalized spacial score (nSPS) is 10.9. The first-order chi connectivity index (χ1) is 10.0. The molecule has 0 aliphatic rings. The highest BCUT2D eigenvalue weighted by Gasteiger charge is 2.07. The van der Waals surface area contributed by atoms with Crippen LogP contribution in [0.4, 0.5) is 0 Å². The molecule has 0 saturated heterocycles. The Morgan fingerprint density at radius 1 is 1.14 bits per heavy atom. The van der Waals surface area contributed by atoms with E-state index in [2.05, 4.69) is 13.0 Å². The molecule has 2 rings (SSSR count). The van der Waals surface area contributed by atoms with Crippen LogP contribution in [0, 0.1) is 13.8 Å². The van der Waals surface area contributed by atoms with Crippen molar-refractivity contribution < 1.29 is 14.3 Å². The molecular weight excluding hydrogens is 284 g/mol. The summed E-state index contributed by atoms with van der Waals surface area (Å²) in [5, 5.41) is 0. The first kappa shape index (κ1) is 15.3. The summed E-state index contributed by atoms with van der Waals surface area (Å²) in [4.78, 5) is 13.0. The standard InChI is InChI=1S/C17H18O3S/c1-11-9-13(10-15(19-3)12(11)2)5-6-14-7-8-16(21-14)17(18)20-4/h5-10H,1-4H3/b6-5+.